The second-order valence-corrected chi connectivity index (χ2v) is 2.78. The van der Waals surface area contributed by atoms with Crippen molar-refractivity contribution >= 4 is 5.91 Å². The van der Waals surface area contributed by atoms with Crippen LogP contribution in [0.15, 0.2) is 18.3 Å². The van der Waals surface area contributed by atoms with Crippen molar-refractivity contribution in [2.24, 2.45) is 0 Å². The smallest absolute Gasteiger partial charge is 0.233 e. The third kappa shape index (κ3) is 3.40. The number of likely N-dealkylation sites (N-methyl/N-ethyl adjacent to an activating group) is 1. The highest BCUT2D eigenvalue weighted by atomic mass is 16.3. The van der Waals surface area contributed by atoms with Gasteiger partial charge in [0.15, 0.2) is 0 Å². The number of rotatable bonds is 4. The summed E-state index contributed by atoms with van der Waals surface area (Å²) in [5.74, 6) is 0.0730. The number of nitrogens with one attached hydrogen (secondary N) is 2. The van der Waals surface area contributed by atoms with Gasteiger partial charge in [0.1, 0.15) is 5.75 Å². The fraction of sp³-hybridized carbons (Fsp3) is 0.333. The molecule has 1 amide bonds. The van der Waals surface area contributed by atoms with Gasteiger partial charge >= 0.3 is 0 Å². The van der Waals surface area contributed by atoms with E-state index in [1.165, 1.54) is 6.20 Å². The van der Waals surface area contributed by atoms with Crippen LogP contribution in [-0.2, 0) is 11.3 Å². The maximum absolute atomic E-state index is 10.8. The predicted molar refractivity (Wildman–Crippen MR) is 51.7 cm³/mol. The molecule has 0 aliphatic carbocycles. The highest BCUT2D eigenvalue weighted by Gasteiger charge is 1.98. The first-order valence-electron chi connectivity index (χ1n) is 4.27. The van der Waals surface area contributed by atoms with Crippen molar-refractivity contribution in [2.45, 2.75) is 6.54 Å². The summed E-state index contributed by atoms with van der Waals surface area (Å²) in [6.07, 6.45) is 1.37. The summed E-state index contributed by atoms with van der Waals surface area (Å²) < 4.78 is 0. The van der Waals surface area contributed by atoms with Crippen LogP contribution in [0.3, 0.4) is 0 Å². The topological polar surface area (TPSA) is 74.2 Å². The van der Waals surface area contributed by atoms with Gasteiger partial charge in [-0.05, 0) is 12.1 Å². The Morgan fingerprint density at radius 2 is 2.36 bits per heavy atom. The maximum Gasteiger partial charge on any atom is 0.233 e. The fourth-order valence-electron chi connectivity index (χ4n) is 0.914. The normalized spacial score (nSPS) is 9.79. The van der Waals surface area contributed by atoms with Crippen molar-refractivity contribution in [2.75, 3.05) is 13.6 Å². The van der Waals surface area contributed by atoms with Crippen molar-refractivity contribution in [1.29, 1.82) is 0 Å². The van der Waals surface area contributed by atoms with Gasteiger partial charge in [-0.15, -0.1) is 0 Å². The van der Waals surface area contributed by atoms with E-state index in [9.17, 15) is 4.79 Å². The van der Waals surface area contributed by atoms with Gasteiger partial charge in [0.25, 0.3) is 0 Å². The van der Waals surface area contributed by atoms with E-state index in [0.29, 0.717) is 6.54 Å². The van der Waals surface area contributed by atoms with Gasteiger partial charge in [-0.3, -0.25) is 9.78 Å². The molecular weight excluding hydrogens is 182 g/mol. The second kappa shape index (κ2) is 5.18. The Labute approximate surface area is 82.2 Å². The van der Waals surface area contributed by atoms with Gasteiger partial charge in [-0.2, -0.15) is 0 Å². The van der Waals surface area contributed by atoms with Gasteiger partial charge in [0, 0.05) is 13.6 Å². The summed E-state index contributed by atoms with van der Waals surface area (Å²) in [7, 11) is 1.59. The molecule has 3 N–H and O–H groups in total. The lowest BCUT2D eigenvalue weighted by Gasteiger charge is -2.02. The lowest BCUT2D eigenvalue weighted by Crippen LogP contribution is -2.31. The number of hydrogen-bond donors (Lipinski definition) is 3. The average Bonchev–Trinajstić information content (AvgIpc) is 2.21. The summed E-state index contributed by atoms with van der Waals surface area (Å²) in [6.45, 7) is 0.771. The van der Waals surface area contributed by atoms with Gasteiger partial charge < -0.3 is 15.7 Å². The molecule has 1 aromatic heterocycles. The summed E-state index contributed by atoms with van der Waals surface area (Å²) in [6, 6.07) is 3.26. The minimum Gasteiger partial charge on any atom is -0.506 e. The first-order chi connectivity index (χ1) is 6.72. The summed E-state index contributed by atoms with van der Waals surface area (Å²) >= 11 is 0. The fourth-order valence-corrected chi connectivity index (χ4v) is 0.914. The van der Waals surface area contributed by atoms with Crippen LogP contribution in [-0.4, -0.2) is 29.6 Å². The summed E-state index contributed by atoms with van der Waals surface area (Å²) in [5, 5.41) is 14.4. The Hall–Kier alpha value is -1.62. The van der Waals surface area contributed by atoms with Crippen LogP contribution in [0.2, 0.25) is 0 Å². The number of pyridine rings is 1. The predicted octanol–water partition coefficient (Wildman–Crippen LogP) is -0.377. The quantitative estimate of drug-likeness (QED) is 0.612. The number of nitrogens with zero attached hydrogens (tertiary/aromatic N) is 1. The Balaban J connectivity index is 2.31. The molecule has 0 saturated heterocycles. The molecule has 0 aliphatic rings. The molecule has 0 radical (unpaired) electrons. The number of aromatic hydroxyl groups is 1. The highest BCUT2D eigenvalue weighted by molar-refractivity contribution is 5.77. The van der Waals surface area contributed by atoms with Crippen molar-refractivity contribution in [3.8, 4) is 5.75 Å². The molecule has 14 heavy (non-hydrogen) atoms. The minimum absolute atomic E-state index is 0.0659. The molecule has 0 aliphatic heterocycles. The molecule has 1 aromatic rings. The molecule has 76 valence electrons. The van der Waals surface area contributed by atoms with Crippen LogP contribution < -0.4 is 10.6 Å². The SMILES string of the molecule is CNC(=O)CNCc1ccc(O)cn1. The number of carbonyl (C=O) groups is 1. The van der Waals surface area contributed by atoms with E-state index in [0.717, 1.165) is 5.69 Å². The first-order valence-corrected chi connectivity index (χ1v) is 4.27. The Kier molecular flexibility index (Phi) is 3.87. The summed E-state index contributed by atoms with van der Waals surface area (Å²) in [5.41, 5.74) is 0.784. The highest BCUT2D eigenvalue weighted by Crippen LogP contribution is 2.05. The molecule has 0 spiro atoms. The molecule has 1 heterocycles. The average molecular weight is 195 g/mol. The van der Waals surface area contributed by atoms with Crippen LogP contribution in [0.5, 0.6) is 5.75 Å². The molecule has 0 saturated carbocycles. The first kappa shape index (κ1) is 10.5. The minimum atomic E-state index is -0.0659. The van der Waals surface area contributed by atoms with Gasteiger partial charge in [0.2, 0.25) is 5.91 Å². The van der Waals surface area contributed by atoms with Crippen LogP contribution in [0, 0.1) is 0 Å². The molecule has 0 aromatic carbocycles. The van der Waals surface area contributed by atoms with Gasteiger partial charge in [-0.1, -0.05) is 0 Å². The molecule has 5 heteroatoms. The van der Waals surface area contributed by atoms with Crippen molar-refractivity contribution < 1.29 is 9.90 Å². The third-order valence-corrected chi connectivity index (χ3v) is 1.68. The van der Waals surface area contributed by atoms with E-state index in [1.54, 1.807) is 19.2 Å². The molecule has 0 unspecified atom stereocenters. The molecule has 1 rings (SSSR count). The standard InChI is InChI=1S/C9H13N3O2/c1-10-9(14)6-11-4-7-2-3-8(13)5-12-7/h2-3,5,11,13H,4,6H2,1H3,(H,10,14). The molecule has 0 bridgehead atoms. The maximum atomic E-state index is 10.8. The largest absolute Gasteiger partial charge is 0.506 e. The lowest BCUT2D eigenvalue weighted by atomic mass is 10.3. The van der Waals surface area contributed by atoms with Crippen LogP contribution in [0.1, 0.15) is 5.69 Å². The molecule has 5 nitrogen and oxygen atoms in total. The Morgan fingerprint density at radius 3 is 2.93 bits per heavy atom. The number of hydrogen-bond acceptors (Lipinski definition) is 4. The zero-order valence-corrected chi connectivity index (χ0v) is 7.95. The molecular formula is C9H13N3O2. The van der Waals surface area contributed by atoms with Crippen LogP contribution in [0.25, 0.3) is 0 Å². The zero-order chi connectivity index (χ0) is 10.4. The van der Waals surface area contributed by atoms with Crippen molar-refractivity contribution in [3.05, 3.63) is 24.0 Å². The van der Waals surface area contributed by atoms with E-state index in [2.05, 4.69) is 15.6 Å². The third-order valence-electron chi connectivity index (χ3n) is 1.68. The van der Waals surface area contributed by atoms with E-state index < -0.39 is 0 Å². The van der Waals surface area contributed by atoms with Gasteiger partial charge in [-0.25, -0.2) is 0 Å². The zero-order valence-electron chi connectivity index (χ0n) is 7.95. The van der Waals surface area contributed by atoms with Crippen molar-refractivity contribution in [1.82, 2.24) is 15.6 Å². The van der Waals surface area contributed by atoms with Crippen LogP contribution >= 0.6 is 0 Å². The monoisotopic (exact) mass is 195 g/mol. The Morgan fingerprint density at radius 1 is 1.57 bits per heavy atom. The van der Waals surface area contributed by atoms with E-state index >= 15 is 0 Å². The number of carbonyl (C=O) groups excluding carboxylic acids is 1. The van der Waals surface area contributed by atoms with Gasteiger partial charge in [0.05, 0.1) is 18.4 Å². The van der Waals surface area contributed by atoms with Crippen molar-refractivity contribution in [3.63, 3.8) is 0 Å². The lowest BCUT2D eigenvalue weighted by molar-refractivity contribution is -0.119. The Bertz CT molecular complexity index is 297. The second-order valence-electron chi connectivity index (χ2n) is 2.78. The van der Waals surface area contributed by atoms with Crippen LogP contribution in [0.4, 0.5) is 0 Å². The number of aromatic nitrogens is 1. The molecule has 0 fully saturated rings. The van der Waals surface area contributed by atoms with E-state index in [1.807, 2.05) is 0 Å². The van der Waals surface area contributed by atoms with E-state index in [-0.39, 0.29) is 18.2 Å². The number of amides is 1. The molecule has 0 atom stereocenters. The van der Waals surface area contributed by atoms with E-state index in [4.69, 9.17) is 5.11 Å². The summed E-state index contributed by atoms with van der Waals surface area (Å²) in [4.78, 5) is 14.8.